The van der Waals surface area contributed by atoms with Gasteiger partial charge < -0.3 is 9.84 Å². The molecule has 128 valence electrons. The molecule has 3 aromatic rings. The van der Waals surface area contributed by atoms with Crippen LogP contribution < -0.4 is 4.74 Å². The van der Waals surface area contributed by atoms with Gasteiger partial charge in [0.1, 0.15) is 11.5 Å². The van der Waals surface area contributed by atoms with Crippen LogP contribution in [0.5, 0.6) is 11.5 Å². The number of hydrogen-bond donors (Lipinski definition) is 1. The van der Waals surface area contributed by atoms with Crippen molar-refractivity contribution in [3.8, 4) is 22.6 Å². The smallest absolute Gasteiger partial charge is 0.123 e. The molecular weight excluding hydrogens is 308 g/mol. The minimum Gasteiger partial charge on any atom is -0.507 e. The molecular formula is C23H24O2. The lowest BCUT2D eigenvalue weighted by atomic mass is 9.55. The molecule has 0 aliphatic heterocycles. The number of ether oxygens (including phenoxy) is 1. The molecule has 0 bridgehead atoms. The van der Waals surface area contributed by atoms with Crippen LogP contribution in [0.15, 0.2) is 48.5 Å². The predicted molar refractivity (Wildman–Crippen MR) is 104 cm³/mol. The average Bonchev–Trinajstić information content (AvgIpc) is 2.60. The zero-order valence-electron chi connectivity index (χ0n) is 15.5. The number of fused-ring (bicyclic) bond motifs is 5. The fourth-order valence-electron chi connectivity index (χ4n) is 4.21. The highest BCUT2D eigenvalue weighted by molar-refractivity contribution is 6.04. The molecule has 0 spiro atoms. The van der Waals surface area contributed by atoms with Gasteiger partial charge >= 0.3 is 0 Å². The number of rotatable bonds is 1. The zero-order chi connectivity index (χ0) is 18.0. The molecule has 3 aromatic carbocycles. The van der Waals surface area contributed by atoms with Crippen molar-refractivity contribution >= 4 is 10.8 Å². The minimum absolute atomic E-state index is 0.0385. The number of methoxy groups -OCH3 is 1. The molecule has 25 heavy (non-hydrogen) atoms. The molecule has 0 saturated heterocycles. The molecule has 0 heterocycles. The number of phenolic OH excluding ortho intramolecular Hbond substituents is 1. The second kappa shape index (κ2) is 5.01. The summed E-state index contributed by atoms with van der Waals surface area (Å²) >= 11 is 0. The van der Waals surface area contributed by atoms with Crippen LogP contribution in [0.25, 0.3) is 21.9 Å². The third kappa shape index (κ3) is 1.97. The molecule has 0 unspecified atom stereocenters. The first-order chi connectivity index (χ1) is 11.8. The van der Waals surface area contributed by atoms with E-state index in [1.54, 1.807) is 7.11 Å². The molecule has 0 radical (unpaired) electrons. The Morgan fingerprint density at radius 2 is 1.48 bits per heavy atom. The summed E-state index contributed by atoms with van der Waals surface area (Å²) in [4.78, 5) is 0. The van der Waals surface area contributed by atoms with E-state index in [9.17, 15) is 5.11 Å². The lowest BCUT2D eigenvalue weighted by Gasteiger charge is -2.48. The van der Waals surface area contributed by atoms with Crippen molar-refractivity contribution in [2.45, 2.75) is 38.5 Å². The fraction of sp³-hybridized carbons (Fsp3) is 0.304. The van der Waals surface area contributed by atoms with Crippen LogP contribution in [0.4, 0.5) is 0 Å². The van der Waals surface area contributed by atoms with E-state index in [2.05, 4.69) is 58.0 Å². The van der Waals surface area contributed by atoms with Crippen LogP contribution in [0.3, 0.4) is 0 Å². The van der Waals surface area contributed by atoms with Crippen molar-refractivity contribution in [1.82, 2.24) is 0 Å². The third-order valence-electron chi connectivity index (χ3n) is 6.43. The number of aromatic hydroxyl groups is 1. The van der Waals surface area contributed by atoms with Gasteiger partial charge in [0.15, 0.2) is 0 Å². The molecule has 0 fully saturated rings. The summed E-state index contributed by atoms with van der Waals surface area (Å²) in [5.74, 6) is 1.07. The van der Waals surface area contributed by atoms with Crippen LogP contribution >= 0.6 is 0 Å². The largest absolute Gasteiger partial charge is 0.507 e. The summed E-state index contributed by atoms with van der Waals surface area (Å²) in [5, 5.41) is 12.7. The van der Waals surface area contributed by atoms with Gasteiger partial charge in [0.05, 0.1) is 7.11 Å². The Labute approximate surface area is 149 Å². The van der Waals surface area contributed by atoms with Gasteiger partial charge in [-0.15, -0.1) is 0 Å². The molecule has 0 atom stereocenters. The maximum Gasteiger partial charge on any atom is 0.123 e. The quantitative estimate of drug-likeness (QED) is 0.611. The number of hydrogen-bond acceptors (Lipinski definition) is 2. The van der Waals surface area contributed by atoms with Crippen molar-refractivity contribution in [3.63, 3.8) is 0 Å². The van der Waals surface area contributed by atoms with Crippen molar-refractivity contribution in [2.75, 3.05) is 7.11 Å². The van der Waals surface area contributed by atoms with Crippen LogP contribution in [0.1, 0.15) is 38.8 Å². The molecule has 0 saturated carbocycles. The first-order valence-electron chi connectivity index (χ1n) is 8.73. The summed E-state index contributed by atoms with van der Waals surface area (Å²) < 4.78 is 5.35. The van der Waals surface area contributed by atoms with E-state index in [4.69, 9.17) is 4.74 Å². The monoisotopic (exact) mass is 332 g/mol. The standard InChI is InChI=1S/C23H24O2/c1-22(2)18-9-7-6-8-16(18)21-15-11-10-14(25-5)12-17(15)20(24)13-19(21)23(22,3)4/h6-13,24H,1-5H3. The molecule has 1 aliphatic carbocycles. The van der Waals surface area contributed by atoms with E-state index < -0.39 is 0 Å². The highest BCUT2D eigenvalue weighted by Crippen LogP contribution is 2.56. The topological polar surface area (TPSA) is 29.5 Å². The SMILES string of the molecule is COc1ccc2c3c(cc(O)c2c1)C(C)(C)C(C)(C)c1ccccc1-3. The van der Waals surface area contributed by atoms with Gasteiger partial charge in [-0.25, -0.2) is 0 Å². The molecule has 2 nitrogen and oxygen atoms in total. The van der Waals surface area contributed by atoms with Gasteiger partial charge in [-0.2, -0.15) is 0 Å². The number of benzene rings is 3. The van der Waals surface area contributed by atoms with Crippen molar-refractivity contribution < 1.29 is 9.84 Å². The van der Waals surface area contributed by atoms with Crippen molar-refractivity contribution in [3.05, 3.63) is 59.7 Å². The van der Waals surface area contributed by atoms with Crippen molar-refractivity contribution in [2.24, 2.45) is 0 Å². The summed E-state index contributed by atoms with van der Waals surface area (Å²) in [6.07, 6.45) is 0. The lowest BCUT2D eigenvalue weighted by molar-refractivity contribution is 0.298. The highest BCUT2D eigenvalue weighted by Gasteiger charge is 2.46. The maximum absolute atomic E-state index is 10.7. The fourth-order valence-corrected chi connectivity index (χ4v) is 4.21. The first kappa shape index (κ1) is 16.0. The van der Waals surface area contributed by atoms with Crippen LogP contribution in [0, 0.1) is 0 Å². The summed E-state index contributed by atoms with van der Waals surface area (Å²) in [7, 11) is 1.65. The van der Waals surface area contributed by atoms with E-state index in [0.717, 1.165) is 16.5 Å². The van der Waals surface area contributed by atoms with Crippen LogP contribution in [0.2, 0.25) is 0 Å². The van der Waals surface area contributed by atoms with Gasteiger partial charge in [0, 0.05) is 5.39 Å². The van der Waals surface area contributed by atoms with E-state index in [1.807, 2.05) is 18.2 Å². The van der Waals surface area contributed by atoms with Gasteiger partial charge in [-0.3, -0.25) is 0 Å². The number of phenols is 1. The normalized spacial score (nSPS) is 17.0. The molecule has 4 rings (SSSR count). The summed E-state index contributed by atoms with van der Waals surface area (Å²) in [6.45, 7) is 9.14. The second-order valence-corrected chi connectivity index (χ2v) is 8.03. The Bertz CT molecular complexity index is 996. The van der Waals surface area contributed by atoms with E-state index in [-0.39, 0.29) is 10.8 Å². The van der Waals surface area contributed by atoms with Gasteiger partial charge in [-0.05, 0) is 62.7 Å². The van der Waals surface area contributed by atoms with Gasteiger partial charge in [-0.1, -0.05) is 52.0 Å². The molecule has 2 heteroatoms. The Morgan fingerprint density at radius 3 is 2.20 bits per heavy atom. The summed E-state index contributed by atoms with van der Waals surface area (Å²) in [5.41, 5.74) is 4.90. The average molecular weight is 332 g/mol. The Morgan fingerprint density at radius 1 is 0.800 bits per heavy atom. The zero-order valence-corrected chi connectivity index (χ0v) is 15.5. The third-order valence-corrected chi connectivity index (χ3v) is 6.43. The first-order valence-corrected chi connectivity index (χ1v) is 8.73. The van der Waals surface area contributed by atoms with E-state index >= 15 is 0 Å². The lowest BCUT2D eigenvalue weighted by Crippen LogP contribution is -2.43. The predicted octanol–water partition coefficient (Wildman–Crippen LogP) is 5.79. The Balaban J connectivity index is 2.20. The molecule has 1 N–H and O–H groups in total. The van der Waals surface area contributed by atoms with E-state index in [1.165, 1.54) is 22.3 Å². The molecule has 1 aliphatic rings. The highest BCUT2D eigenvalue weighted by atomic mass is 16.5. The van der Waals surface area contributed by atoms with Crippen molar-refractivity contribution in [1.29, 1.82) is 0 Å². The van der Waals surface area contributed by atoms with Crippen LogP contribution in [-0.2, 0) is 10.8 Å². The second-order valence-electron chi connectivity index (χ2n) is 8.03. The molecule has 0 amide bonds. The summed E-state index contributed by atoms with van der Waals surface area (Å²) in [6, 6.07) is 16.6. The molecule has 0 aromatic heterocycles. The minimum atomic E-state index is -0.109. The Hall–Kier alpha value is -2.48. The van der Waals surface area contributed by atoms with Gasteiger partial charge in [0.25, 0.3) is 0 Å². The van der Waals surface area contributed by atoms with Crippen LogP contribution in [-0.4, -0.2) is 12.2 Å². The van der Waals surface area contributed by atoms with Gasteiger partial charge in [0.2, 0.25) is 0 Å². The van der Waals surface area contributed by atoms with E-state index in [0.29, 0.717) is 5.75 Å². The Kier molecular flexibility index (Phi) is 3.21. The maximum atomic E-state index is 10.7.